The second kappa shape index (κ2) is 15.6. The molecule has 0 heterocycles. The van der Waals surface area contributed by atoms with Gasteiger partial charge in [-0.25, -0.2) is 4.79 Å². The van der Waals surface area contributed by atoms with Crippen LogP contribution >= 0.6 is 0 Å². The normalized spacial score (nSPS) is 15.0. The third kappa shape index (κ3) is 11.2. The monoisotopic (exact) mass is 535 g/mol. The second-order valence-electron chi connectivity index (χ2n) is 9.94. The number of carboxylic acid groups (broad SMARTS) is 1. The fraction of sp³-hybridized carbons (Fsp3) is 0.577. The zero-order valence-electron chi connectivity index (χ0n) is 22.4. The van der Waals surface area contributed by atoms with E-state index in [0.29, 0.717) is 18.4 Å². The lowest BCUT2D eigenvalue weighted by Gasteiger charge is -2.26. The first-order chi connectivity index (χ1) is 17.7. The summed E-state index contributed by atoms with van der Waals surface area (Å²) < 4.78 is 0. The van der Waals surface area contributed by atoms with E-state index >= 15 is 0 Å². The highest BCUT2D eigenvalue weighted by Gasteiger charge is 2.32. The number of nitrogens with two attached hydrogens (primary N) is 2. The van der Waals surface area contributed by atoms with E-state index in [0.717, 1.165) is 0 Å². The van der Waals surface area contributed by atoms with Gasteiger partial charge in [0, 0.05) is 12.8 Å². The lowest BCUT2D eigenvalue weighted by atomic mass is 9.98. The number of carbonyl (C=O) groups excluding carboxylic acids is 4. The number of nitrogens with one attached hydrogen (secondary N) is 3. The van der Waals surface area contributed by atoms with Crippen molar-refractivity contribution in [2.45, 2.75) is 84.0 Å². The van der Waals surface area contributed by atoms with E-state index in [1.54, 1.807) is 26.0 Å². The lowest BCUT2D eigenvalue weighted by molar-refractivity contribution is -0.143. The summed E-state index contributed by atoms with van der Waals surface area (Å²) in [5.74, 6) is -4.24. The molecule has 12 nitrogen and oxygen atoms in total. The maximum Gasteiger partial charge on any atom is 0.326 e. The molecule has 9 N–H and O–H groups in total. The van der Waals surface area contributed by atoms with Crippen LogP contribution in [0.5, 0.6) is 5.75 Å². The van der Waals surface area contributed by atoms with Crippen LogP contribution in [0.3, 0.4) is 0 Å². The summed E-state index contributed by atoms with van der Waals surface area (Å²) >= 11 is 0. The molecule has 4 amide bonds. The van der Waals surface area contributed by atoms with E-state index in [4.69, 9.17) is 11.5 Å². The Morgan fingerprint density at radius 3 is 1.95 bits per heavy atom. The molecule has 212 valence electrons. The van der Waals surface area contributed by atoms with Gasteiger partial charge in [0.25, 0.3) is 0 Å². The van der Waals surface area contributed by atoms with E-state index in [1.165, 1.54) is 12.1 Å². The van der Waals surface area contributed by atoms with Gasteiger partial charge in [-0.2, -0.15) is 0 Å². The largest absolute Gasteiger partial charge is 0.508 e. The van der Waals surface area contributed by atoms with E-state index in [-0.39, 0.29) is 36.8 Å². The number of carbonyl (C=O) groups is 5. The quantitative estimate of drug-likeness (QED) is 0.154. The van der Waals surface area contributed by atoms with Gasteiger partial charge in [0.1, 0.15) is 23.9 Å². The van der Waals surface area contributed by atoms with Crippen LogP contribution in [0.15, 0.2) is 24.3 Å². The SMILES string of the molecule is CCC(C)C(NC(=O)C(Cc1ccc(O)cc1)NC(=O)C(CCC(N)=O)NC(=O)C(N)CC(C)C)C(=O)O. The van der Waals surface area contributed by atoms with Gasteiger partial charge >= 0.3 is 5.97 Å². The van der Waals surface area contributed by atoms with Crippen molar-refractivity contribution in [2.24, 2.45) is 23.3 Å². The molecule has 1 aromatic carbocycles. The van der Waals surface area contributed by atoms with Gasteiger partial charge in [0.2, 0.25) is 23.6 Å². The number of phenols is 1. The topological polar surface area (TPSA) is 214 Å². The molecule has 0 aliphatic carbocycles. The van der Waals surface area contributed by atoms with Gasteiger partial charge in [-0.1, -0.05) is 46.2 Å². The molecule has 0 fully saturated rings. The van der Waals surface area contributed by atoms with Crippen molar-refractivity contribution in [1.29, 1.82) is 0 Å². The number of aliphatic carboxylic acids is 1. The number of hydrogen-bond donors (Lipinski definition) is 7. The van der Waals surface area contributed by atoms with Crippen molar-refractivity contribution in [3.8, 4) is 5.75 Å². The Bertz CT molecular complexity index is 967. The summed E-state index contributed by atoms with van der Waals surface area (Å²) in [6, 6.07) is 1.43. The van der Waals surface area contributed by atoms with Gasteiger partial charge < -0.3 is 37.6 Å². The average molecular weight is 536 g/mol. The number of benzene rings is 1. The van der Waals surface area contributed by atoms with Crippen molar-refractivity contribution >= 4 is 29.6 Å². The van der Waals surface area contributed by atoms with Crippen LogP contribution < -0.4 is 27.4 Å². The molecule has 0 aromatic heterocycles. The number of phenolic OH excluding ortho intramolecular Hbond substituents is 1. The molecule has 1 rings (SSSR count). The van der Waals surface area contributed by atoms with Crippen LogP contribution in [0.1, 0.15) is 58.9 Å². The molecular formula is C26H41N5O7. The first-order valence-corrected chi connectivity index (χ1v) is 12.7. The number of aromatic hydroxyl groups is 1. The van der Waals surface area contributed by atoms with Crippen molar-refractivity contribution in [1.82, 2.24) is 16.0 Å². The summed E-state index contributed by atoms with van der Waals surface area (Å²) in [4.78, 5) is 62.2. The number of hydrogen-bond acceptors (Lipinski definition) is 7. The fourth-order valence-electron chi connectivity index (χ4n) is 3.74. The van der Waals surface area contributed by atoms with Gasteiger partial charge in [-0.3, -0.25) is 19.2 Å². The third-order valence-corrected chi connectivity index (χ3v) is 6.16. The maximum atomic E-state index is 13.2. The molecule has 12 heteroatoms. The van der Waals surface area contributed by atoms with Crippen LogP contribution in [-0.2, 0) is 30.4 Å². The predicted octanol–water partition coefficient (Wildman–Crippen LogP) is 0.159. The summed E-state index contributed by atoms with van der Waals surface area (Å²) in [6.07, 6.45) is 0.493. The number of rotatable bonds is 16. The molecule has 1 aromatic rings. The molecule has 0 bridgehead atoms. The van der Waals surface area contributed by atoms with Crippen LogP contribution in [0.2, 0.25) is 0 Å². The van der Waals surface area contributed by atoms with Crippen molar-refractivity contribution < 1.29 is 34.2 Å². The highest BCUT2D eigenvalue weighted by atomic mass is 16.4. The maximum absolute atomic E-state index is 13.2. The molecular weight excluding hydrogens is 494 g/mol. The Morgan fingerprint density at radius 2 is 1.45 bits per heavy atom. The highest BCUT2D eigenvalue weighted by Crippen LogP contribution is 2.14. The molecule has 0 aliphatic heterocycles. The Morgan fingerprint density at radius 1 is 0.895 bits per heavy atom. The number of primary amides is 1. The molecule has 0 spiro atoms. The minimum atomic E-state index is -1.23. The standard InChI is InChI=1S/C26H41N5O7/c1-5-15(4)22(26(37)38)31-25(36)20(13-16-6-8-17(32)9-7-16)30-24(35)19(10-11-21(28)33)29-23(34)18(27)12-14(2)3/h6-9,14-15,18-20,22,32H,5,10-13,27H2,1-4H3,(H2,28,33)(H,29,34)(H,30,35)(H,31,36)(H,37,38). The summed E-state index contributed by atoms with van der Waals surface area (Å²) in [5.41, 5.74) is 11.8. The van der Waals surface area contributed by atoms with Gasteiger partial charge in [0.05, 0.1) is 6.04 Å². The zero-order chi connectivity index (χ0) is 29.0. The van der Waals surface area contributed by atoms with E-state index in [2.05, 4.69) is 16.0 Å². The number of amides is 4. The Kier molecular flexibility index (Phi) is 13.2. The van der Waals surface area contributed by atoms with Gasteiger partial charge in [-0.15, -0.1) is 0 Å². The van der Waals surface area contributed by atoms with E-state index in [9.17, 15) is 34.2 Å². The first-order valence-electron chi connectivity index (χ1n) is 12.7. The van der Waals surface area contributed by atoms with Crippen LogP contribution in [0, 0.1) is 11.8 Å². The predicted molar refractivity (Wildman–Crippen MR) is 141 cm³/mol. The van der Waals surface area contributed by atoms with Crippen molar-refractivity contribution in [3.05, 3.63) is 29.8 Å². The molecule has 5 atom stereocenters. The lowest BCUT2D eigenvalue weighted by Crippen LogP contribution is -2.58. The molecule has 0 saturated carbocycles. The van der Waals surface area contributed by atoms with Gasteiger partial charge in [-0.05, 0) is 42.4 Å². The molecule has 38 heavy (non-hydrogen) atoms. The minimum absolute atomic E-state index is 0.00784. The molecule has 5 unspecified atom stereocenters. The summed E-state index contributed by atoms with van der Waals surface area (Å²) in [6.45, 7) is 7.25. The average Bonchev–Trinajstić information content (AvgIpc) is 2.84. The molecule has 0 aliphatic rings. The van der Waals surface area contributed by atoms with Crippen LogP contribution in [-0.4, -0.2) is 64.0 Å². The molecule has 0 saturated heterocycles. The van der Waals surface area contributed by atoms with Gasteiger partial charge in [0.15, 0.2) is 0 Å². The first kappa shape index (κ1) is 32.4. The van der Waals surface area contributed by atoms with Crippen LogP contribution in [0.25, 0.3) is 0 Å². The smallest absolute Gasteiger partial charge is 0.326 e. The Balaban J connectivity index is 3.20. The van der Waals surface area contributed by atoms with Crippen LogP contribution in [0.4, 0.5) is 0 Å². The Hall–Kier alpha value is -3.67. The zero-order valence-corrected chi connectivity index (χ0v) is 22.4. The fourth-order valence-corrected chi connectivity index (χ4v) is 3.74. The molecule has 0 radical (unpaired) electrons. The summed E-state index contributed by atoms with van der Waals surface area (Å²) in [7, 11) is 0. The highest BCUT2D eigenvalue weighted by molar-refractivity contribution is 5.94. The second-order valence-corrected chi connectivity index (χ2v) is 9.94. The number of carboxylic acids is 1. The van der Waals surface area contributed by atoms with Crippen molar-refractivity contribution in [2.75, 3.05) is 0 Å². The summed E-state index contributed by atoms with van der Waals surface area (Å²) in [5, 5.41) is 26.8. The third-order valence-electron chi connectivity index (χ3n) is 6.16. The minimum Gasteiger partial charge on any atom is -0.508 e. The van der Waals surface area contributed by atoms with E-state index in [1.807, 2.05) is 13.8 Å². The van der Waals surface area contributed by atoms with E-state index < -0.39 is 53.8 Å². The van der Waals surface area contributed by atoms with Crippen molar-refractivity contribution in [3.63, 3.8) is 0 Å². The Labute approximate surface area is 222 Å².